The van der Waals surface area contributed by atoms with Crippen LogP contribution in [0, 0.1) is 10.8 Å². The molecule has 2 bridgehead atoms. The van der Waals surface area contributed by atoms with Crippen molar-refractivity contribution in [1.82, 2.24) is 9.47 Å². The molecule has 0 N–H and O–H groups in total. The number of carbonyl (C=O) groups excluding carboxylic acids is 1. The van der Waals surface area contributed by atoms with Crippen LogP contribution in [-0.2, 0) is 6.54 Å². The molecule has 4 heteroatoms. The number of hydrogen-bond acceptors (Lipinski definition) is 2. The molecule has 1 saturated heterocycles. The molecular weight excluding hydrogens is 328 g/mol. The van der Waals surface area contributed by atoms with Crippen molar-refractivity contribution in [1.29, 1.82) is 0 Å². The number of carbonyl (C=O) groups is 1. The maximum atomic E-state index is 13.5. The highest BCUT2D eigenvalue weighted by atomic mass is 32.1. The summed E-state index contributed by atoms with van der Waals surface area (Å²) in [7, 11) is 0. The number of likely N-dealkylation sites (tertiary alicyclic amines) is 1. The summed E-state index contributed by atoms with van der Waals surface area (Å²) in [4.78, 5) is 16.9. The summed E-state index contributed by atoms with van der Waals surface area (Å²) >= 11 is 1.72. The number of thiophene rings is 1. The fourth-order valence-electron chi connectivity index (χ4n) is 5.39. The molecule has 1 aliphatic carbocycles. The second kappa shape index (κ2) is 5.73. The third kappa shape index (κ3) is 2.84. The van der Waals surface area contributed by atoms with Crippen molar-refractivity contribution in [3.8, 4) is 0 Å². The largest absolute Gasteiger partial charge is 0.334 e. The highest BCUT2D eigenvalue weighted by Crippen LogP contribution is 2.52. The summed E-state index contributed by atoms with van der Waals surface area (Å²) in [6.07, 6.45) is 7.68. The molecular formula is C21H28N2OS. The van der Waals surface area contributed by atoms with Crippen LogP contribution in [0.4, 0.5) is 0 Å². The van der Waals surface area contributed by atoms with Gasteiger partial charge >= 0.3 is 0 Å². The monoisotopic (exact) mass is 356 g/mol. The lowest BCUT2D eigenvalue weighted by molar-refractivity contribution is 0.0698. The zero-order valence-electron chi connectivity index (χ0n) is 15.7. The summed E-state index contributed by atoms with van der Waals surface area (Å²) in [5.41, 5.74) is 1.47. The topological polar surface area (TPSA) is 25.2 Å². The van der Waals surface area contributed by atoms with Crippen LogP contribution in [-0.4, -0.2) is 28.0 Å². The van der Waals surface area contributed by atoms with Gasteiger partial charge in [0.15, 0.2) is 0 Å². The van der Waals surface area contributed by atoms with Gasteiger partial charge in [-0.25, -0.2) is 0 Å². The minimum absolute atomic E-state index is 0.222. The Morgan fingerprint density at radius 3 is 2.92 bits per heavy atom. The Bertz CT molecular complexity index is 843. The van der Waals surface area contributed by atoms with Gasteiger partial charge in [-0.3, -0.25) is 4.79 Å². The number of aromatic nitrogens is 1. The van der Waals surface area contributed by atoms with Crippen LogP contribution >= 0.6 is 11.3 Å². The van der Waals surface area contributed by atoms with Crippen molar-refractivity contribution in [3.63, 3.8) is 0 Å². The number of hydrogen-bond donors (Lipinski definition) is 0. The lowest BCUT2D eigenvalue weighted by Gasteiger charge is -2.39. The molecule has 2 fully saturated rings. The molecule has 1 aliphatic heterocycles. The van der Waals surface area contributed by atoms with Gasteiger partial charge in [0.1, 0.15) is 10.5 Å². The third-order valence-corrected chi connectivity index (χ3v) is 6.87. The van der Waals surface area contributed by atoms with E-state index in [1.54, 1.807) is 11.3 Å². The molecule has 1 amide bonds. The fourth-order valence-corrected chi connectivity index (χ4v) is 6.30. The minimum Gasteiger partial charge on any atom is -0.334 e. The molecule has 2 atom stereocenters. The highest BCUT2D eigenvalue weighted by molar-refractivity contribution is 7.16. The second-order valence-corrected chi connectivity index (χ2v) is 9.93. The molecule has 4 rings (SSSR count). The molecule has 0 aromatic carbocycles. The van der Waals surface area contributed by atoms with Gasteiger partial charge < -0.3 is 9.47 Å². The summed E-state index contributed by atoms with van der Waals surface area (Å²) < 4.78 is 2.19. The van der Waals surface area contributed by atoms with Crippen LogP contribution in [0.15, 0.2) is 29.7 Å². The predicted octanol–water partition coefficient (Wildman–Crippen LogP) is 5.32. The smallest absolute Gasteiger partial charge is 0.270 e. The molecule has 3 nitrogen and oxygen atoms in total. The number of fused-ring (bicyclic) bond motifs is 3. The van der Waals surface area contributed by atoms with E-state index >= 15 is 0 Å². The van der Waals surface area contributed by atoms with E-state index in [0.717, 1.165) is 31.6 Å². The number of amides is 1. The van der Waals surface area contributed by atoms with Crippen LogP contribution in [0.3, 0.4) is 0 Å². The lowest BCUT2D eigenvalue weighted by atomic mass is 9.65. The van der Waals surface area contributed by atoms with Crippen LogP contribution in [0.2, 0.25) is 0 Å². The Balaban J connectivity index is 1.70. The molecule has 0 unspecified atom stereocenters. The van der Waals surface area contributed by atoms with E-state index < -0.39 is 0 Å². The molecule has 25 heavy (non-hydrogen) atoms. The molecule has 1 saturated carbocycles. The predicted molar refractivity (Wildman–Crippen MR) is 105 cm³/mol. The molecule has 134 valence electrons. The maximum absolute atomic E-state index is 13.5. The Morgan fingerprint density at radius 1 is 1.36 bits per heavy atom. The first kappa shape index (κ1) is 16.9. The summed E-state index contributed by atoms with van der Waals surface area (Å²) in [6.45, 7) is 10.8. The Hall–Kier alpha value is -1.55. The number of allylic oxidation sites excluding steroid dienone is 2. The molecule has 2 aliphatic rings. The van der Waals surface area contributed by atoms with Gasteiger partial charge in [-0.15, -0.1) is 11.3 Å². The SMILES string of the molecule is C/C=C\Cn1c(C(=O)N2C[C@@]3(C)C[C@H]2CC(C)(C)C3)cc2ccsc21. The van der Waals surface area contributed by atoms with Crippen molar-refractivity contribution in [2.75, 3.05) is 6.54 Å². The Labute approximate surface area is 154 Å². The average molecular weight is 357 g/mol. The van der Waals surface area contributed by atoms with Crippen LogP contribution in [0.5, 0.6) is 0 Å². The van der Waals surface area contributed by atoms with Gasteiger partial charge in [0.25, 0.3) is 5.91 Å². The van der Waals surface area contributed by atoms with E-state index in [1.165, 1.54) is 16.6 Å². The van der Waals surface area contributed by atoms with Crippen molar-refractivity contribution in [2.45, 2.75) is 59.5 Å². The Kier molecular flexibility index (Phi) is 3.87. The normalized spacial score (nSPS) is 28.3. The molecule has 2 aromatic rings. The summed E-state index contributed by atoms with van der Waals surface area (Å²) in [6, 6.07) is 4.60. The van der Waals surface area contributed by atoms with Crippen molar-refractivity contribution >= 4 is 27.5 Å². The van der Waals surface area contributed by atoms with E-state index in [1.807, 2.05) is 6.92 Å². The number of rotatable bonds is 3. The summed E-state index contributed by atoms with van der Waals surface area (Å²) in [5, 5.41) is 3.30. The van der Waals surface area contributed by atoms with Gasteiger partial charge in [-0.2, -0.15) is 0 Å². The van der Waals surface area contributed by atoms with Gasteiger partial charge in [-0.1, -0.05) is 32.9 Å². The standard InChI is InChI=1S/C21H28N2OS/c1-5-6-8-22-17(10-15-7-9-25-19(15)22)18(24)23-14-21(4)12-16(23)11-20(2,3)13-21/h5-7,9-10,16H,8,11-14H2,1-4H3/b6-5-/t16-,21+/m1/s1. The lowest BCUT2D eigenvalue weighted by Crippen LogP contribution is -2.38. The van der Waals surface area contributed by atoms with Crippen molar-refractivity contribution in [3.05, 3.63) is 35.4 Å². The minimum atomic E-state index is 0.222. The van der Waals surface area contributed by atoms with E-state index in [9.17, 15) is 4.79 Å². The molecule has 2 aromatic heterocycles. The maximum Gasteiger partial charge on any atom is 0.270 e. The Morgan fingerprint density at radius 2 is 2.16 bits per heavy atom. The zero-order valence-corrected chi connectivity index (χ0v) is 16.5. The quantitative estimate of drug-likeness (QED) is 0.683. The number of nitrogens with zero attached hydrogens (tertiary/aromatic N) is 2. The van der Waals surface area contributed by atoms with E-state index in [0.29, 0.717) is 11.5 Å². The van der Waals surface area contributed by atoms with Gasteiger partial charge in [0.05, 0.1) is 0 Å². The average Bonchev–Trinajstić information content (AvgIpc) is 3.15. The van der Waals surface area contributed by atoms with Gasteiger partial charge in [0, 0.05) is 24.5 Å². The molecule has 0 spiro atoms. The fraction of sp³-hybridized carbons (Fsp3) is 0.571. The first-order chi connectivity index (χ1) is 11.8. The molecule has 0 radical (unpaired) electrons. The zero-order chi connectivity index (χ0) is 17.8. The van der Waals surface area contributed by atoms with Gasteiger partial charge in [-0.05, 0) is 54.5 Å². The van der Waals surface area contributed by atoms with E-state index in [2.05, 4.69) is 59.9 Å². The molecule has 3 heterocycles. The van der Waals surface area contributed by atoms with Crippen LogP contribution in [0.25, 0.3) is 10.2 Å². The van der Waals surface area contributed by atoms with Crippen molar-refractivity contribution < 1.29 is 4.79 Å². The second-order valence-electron chi connectivity index (χ2n) is 9.04. The third-order valence-electron chi connectivity index (χ3n) is 5.92. The first-order valence-corrected chi connectivity index (χ1v) is 10.2. The van der Waals surface area contributed by atoms with Crippen LogP contribution < -0.4 is 0 Å². The summed E-state index contributed by atoms with van der Waals surface area (Å²) in [5.74, 6) is 0.222. The van der Waals surface area contributed by atoms with Gasteiger partial charge in [0.2, 0.25) is 0 Å². The van der Waals surface area contributed by atoms with E-state index in [-0.39, 0.29) is 11.3 Å². The van der Waals surface area contributed by atoms with Crippen LogP contribution in [0.1, 0.15) is 57.4 Å². The first-order valence-electron chi connectivity index (χ1n) is 9.31. The van der Waals surface area contributed by atoms with E-state index in [4.69, 9.17) is 0 Å². The van der Waals surface area contributed by atoms with Crippen molar-refractivity contribution in [2.24, 2.45) is 10.8 Å². The highest BCUT2D eigenvalue weighted by Gasteiger charge is 2.51.